The van der Waals surface area contributed by atoms with Crippen LogP contribution in [0.3, 0.4) is 0 Å². The van der Waals surface area contributed by atoms with Crippen LogP contribution in [0, 0.1) is 6.92 Å². The van der Waals surface area contributed by atoms with E-state index in [1.165, 1.54) is 13.0 Å². The molecule has 158 valence electrons. The van der Waals surface area contributed by atoms with Crippen LogP contribution in [-0.2, 0) is 6.18 Å². The molecule has 7 heteroatoms. The van der Waals surface area contributed by atoms with Gasteiger partial charge in [-0.3, -0.25) is 4.90 Å². The minimum Gasteiger partial charge on any atom is -0.493 e. The largest absolute Gasteiger partial charge is 0.493 e. The molecular weight excluding hydrogens is 381 g/mol. The Balaban J connectivity index is 1.69. The van der Waals surface area contributed by atoms with Crippen LogP contribution in [0.4, 0.5) is 18.9 Å². The Kier molecular flexibility index (Phi) is 6.27. The molecule has 0 saturated carbocycles. The molecule has 2 aromatic rings. The van der Waals surface area contributed by atoms with Crippen molar-refractivity contribution in [3.05, 3.63) is 53.1 Å². The summed E-state index contributed by atoms with van der Waals surface area (Å²) >= 11 is 0. The van der Waals surface area contributed by atoms with Gasteiger partial charge in [-0.1, -0.05) is 12.1 Å². The molecule has 1 heterocycles. The summed E-state index contributed by atoms with van der Waals surface area (Å²) < 4.78 is 50.4. The lowest BCUT2D eigenvalue weighted by Crippen LogP contribution is -2.47. The van der Waals surface area contributed by atoms with E-state index in [0.717, 1.165) is 18.7 Å². The topological polar surface area (TPSA) is 24.9 Å². The molecule has 0 aliphatic carbocycles. The first-order valence-corrected chi connectivity index (χ1v) is 9.63. The molecule has 3 rings (SSSR count). The Morgan fingerprint density at radius 2 is 1.55 bits per heavy atom. The zero-order valence-electron chi connectivity index (χ0n) is 17.2. The molecule has 2 aromatic carbocycles. The summed E-state index contributed by atoms with van der Waals surface area (Å²) in [6, 6.07) is 10.7. The monoisotopic (exact) mass is 408 g/mol. The maximum atomic E-state index is 13.2. The maximum absolute atomic E-state index is 13.2. The molecule has 0 spiro atoms. The SMILES string of the molecule is COc1ccc([C@@H](C)N2CCN(c3ccc(C)c(C(F)(F)F)c3)CC2)cc1OC. The first-order valence-electron chi connectivity index (χ1n) is 9.63. The zero-order valence-corrected chi connectivity index (χ0v) is 17.2. The Bertz CT molecular complexity index is 846. The van der Waals surface area contributed by atoms with Crippen LogP contribution < -0.4 is 14.4 Å². The van der Waals surface area contributed by atoms with Crippen LogP contribution in [0.25, 0.3) is 0 Å². The van der Waals surface area contributed by atoms with Gasteiger partial charge in [-0.05, 0) is 49.2 Å². The van der Waals surface area contributed by atoms with E-state index in [0.29, 0.717) is 30.3 Å². The molecule has 0 unspecified atom stereocenters. The summed E-state index contributed by atoms with van der Waals surface area (Å²) in [5.41, 5.74) is 1.44. The van der Waals surface area contributed by atoms with Gasteiger partial charge < -0.3 is 14.4 Å². The number of hydrogen-bond donors (Lipinski definition) is 0. The number of halogens is 3. The number of benzene rings is 2. The second kappa shape index (κ2) is 8.53. The average molecular weight is 408 g/mol. The molecule has 0 aromatic heterocycles. The molecule has 0 radical (unpaired) electrons. The first kappa shape index (κ1) is 21.3. The van der Waals surface area contributed by atoms with E-state index in [2.05, 4.69) is 11.8 Å². The van der Waals surface area contributed by atoms with Crippen molar-refractivity contribution in [2.75, 3.05) is 45.3 Å². The van der Waals surface area contributed by atoms with Gasteiger partial charge >= 0.3 is 6.18 Å². The number of alkyl halides is 3. The maximum Gasteiger partial charge on any atom is 0.416 e. The third-order valence-corrected chi connectivity index (χ3v) is 5.64. The lowest BCUT2D eigenvalue weighted by Gasteiger charge is -2.39. The summed E-state index contributed by atoms with van der Waals surface area (Å²) in [6.45, 7) is 6.52. The predicted octanol–water partition coefficient (Wildman–Crippen LogP) is 4.91. The van der Waals surface area contributed by atoms with E-state index in [-0.39, 0.29) is 11.6 Å². The molecule has 1 atom stereocenters. The molecule has 1 saturated heterocycles. The van der Waals surface area contributed by atoms with E-state index in [1.807, 2.05) is 23.1 Å². The van der Waals surface area contributed by atoms with Gasteiger partial charge in [0.25, 0.3) is 0 Å². The number of piperazine rings is 1. The van der Waals surface area contributed by atoms with Crippen molar-refractivity contribution >= 4 is 5.69 Å². The molecule has 29 heavy (non-hydrogen) atoms. The normalized spacial score (nSPS) is 16.6. The van der Waals surface area contributed by atoms with Crippen molar-refractivity contribution in [1.29, 1.82) is 0 Å². The van der Waals surface area contributed by atoms with Crippen LogP contribution in [0.2, 0.25) is 0 Å². The fraction of sp³-hybridized carbons (Fsp3) is 0.455. The lowest BCUT2D eigenvalue weighted by molar-refractivity contribution is -0.138. The highest BCUT2D eigenvalue weighted by Gasteiger charge is 2.33. The third-order valence-electron chi connectivity index (χ3n) is 5.64. The van der Waals surface area contributed by atoms with Crippen LogP contribution in [0.15, 0.2) is 36.4 Å². The molecule has 4 nitrogen and oxygen atoms in total. The predicted molar refractivity (Wildman–Crippen MR) is 108 cm³/mol. The highest BCUT2D eigenvalue weighted by atomic mass is 19.4. The molecule has 0 bridgehead atoms. The van der Waals surface area contributed by atoms with Gasteiger partial charge in [0.05, 0.1) is 19.8 Å². The smallest absolute Gasteiger partial charge is 0.416 e. The summed E-state index contributed by atoms with van der Waals surface area (Å²) in [6.07, 6.45) is -4.33. The molecule has 0 amide bonds. The summed E-state index contributed by atoms with van der Waals surface area (Å²) in [4.78, 5) is 4.35. The number of methoxy groups -OCH3 is 2. The Labute approximate surface area is 169 Å². The van der Waals surface area contributed by atoms with E-state index < -0.39 is 11.7 Å². The molecule has 1 aliphatic rings. The van der Waals surface area contributed by atoms with E-state index in [9.17, 15) is 13.2 Å². The average Bonchev–Trinajstić information content (AvgIpc) is 2.72. The quantitative estimate of drug-likeness (QED) is 0.702. The van der Waals surface area contributed by atoms with Crippen LogP contribution >= 0.6 is 0 Å². The van der Waals surface area contributed by atoms with Crippen LogP contribution in [-0.4, -0.2) is 45.3 Å². The Morgan fingerprint density at radius 3 is 2.14 bits per heavy atom. The molecular formula is C22H27F3N2O2. The lowest BCUT2D eigenvalue weighted by atomic mass is 10.0. The van der Waals surface area contributed by atoms with Crippen molar-refractivity contribution < 1.29 is 22.6 Å². The van der Waals surface area contributed by atoms with Crippen molar-refractivity contribution in [2.45, 2.75) is 26.1 Å². The Hall–Kier alpha value is -2.41. The minimum absolute atomic E-state index is 0.167. The van der Waals surface area contributed by atoms with E-state index >= 15 is 0 Å². The van der Waals surface area contributed by atoms with Gasteiger partial charge in [-0.15, -0.1) is 0 Å². The summed E-state index contributed by atoms with van der Waals surface area (Å²) in [7, 11) is 3.22. The van der Waals surface area contributed by atoms with Gasteiger partial charge in [-0.2, -0.15) is 13.2 Å². The van der Waals surface area contributed by atoms with E-state index in [1.54, 1.807) is 26.4 Å². The van der Waals surface area contributed by atoms with Crippen molar-refractivity contribution in [1.82, 2.24) is 4.90 Å². The highest BCUT2D eigenvalue weighted by molar-refractivity contribution is 5.52. The van der Waals surface area contributed by atoms with Gasteiger partial charge in [0, 0.05) is 37.9 Å². The molecule has 1 fully saturated rings. The van der Waals surface area contributed by atoms with Gasteiger partial charge in [-0.25, -0.2) is 0 Å². The van der Waals surface area contributed by atoms with Crippen molar-refractivity contribution in [3.8, 4) is 11.5 Å². The summed E-state index contributed by atoms with van der Waals surface area (Å²) in [5, 5.41) is 0. The van der Waals surface area contributed by atoms with Gasteiger partial charge in [0.2, 0.25) is 0 Å². The standard InChI is InChI=1S/C22H27F3N2O2/c1-15-5-7-18(14-19(15)22(23,24)25)27-11-9-26(10-12-27)16(2)17-6-8-20(28-3)21(13-17)29-4/h5-8,13-14,16H,9-12H2,1-4H3/t16-/m1/s1. The van der Waals surface area contributed by atoms with Crippen molar-refractivity contribution in [2.24, 2.45) is 0 Å². The van der Waals surface area contributed by atoms with Crippen molar-refractivity contribution in [3.63, 3.8) is 0 Å². The highest BCUT2D eigenvalue weighted by Crippen LogP contribution is 2.35. The number of nitrogens with zero attached hydrogens (tertiary/aromatic N) is 2. The minimum atomic E-state index is -4.33. The van der Waals surface area contributed by atoms with E-state index in [4.69, 9.17) is 9.47 Å². The van der Waals surface area contributed by atoms with Gasteiger partial charge in [0.15, 0.2) is 11.5 Å². The van der Waals surface area contributed by atoms with Gasteiger partial charge in [0.1, 0.15) is 0 Å². The summed E-state index contributed by atoms with van der Waals surface area (Å²) in [5.74, 6) is 1.38. The second-order valence-corrected chi connectivity index (χ2v) is 7.31. The number of rotatable bonds is 5. The van der Waals surface area contributed by atoms with Crippen LogP contribution in [0.1, 0.15) is 29.7 Å². The molecule has 0 N–H and O–H groups in total. The molecule has 1 aliphatic heterocycles. The third kappa shape index (κ3) is 4.61. The fourth-order valence-electron chi connectivity index (χ4n) is 3.80. The number of ether oxygens (including phenoxy) is 2. The fourth-order valence-corrected chi connectivity index (χ4v) is 3.80. The number of aryl methyl sites for hydroxylation is 1. The Morgan fingerprint density at radius 1 is 0.897 bits per heavy atom. The second-order valence-electron chi connectivity index (χ2n) is 7.31. The number of anilines is 1. The van der Waals surface area contributed by atoms with Crippen LogP contribution in [0.5, 0.6) is 11.5 Å². The first-order chi connectivity index (χ1) is 13.7. The zero-order chi connectivity index (χ0) is 21.2. The number of hydrogen-bond acceptors (Lipinski definition) is 4.